The Morgan fingerprint density at radius 2 is 1.94 bits per heavy atom. The number of anilines is 1. The molecule has 0 saturated heterocycles. The molecule has 0 spiro atoms. The number of rotatable bonds is 0. The molecular formula is C12H17N2OP. The predicted octanol–water partition coefficient (Wildman–Crippen LogP) is 1.36. The maximum absolute atomic E-state index is 5.73. The molecule has 3 nitrogen and oxygen atoms in total. The minimum atomic E-state index is 0.785. The summed E-state index contributed by atoms with van der Waals surface area (Å²) in [5.41, 5.74) is 4.14. The van der Waals surface area contributed by atoms with Gasteiger partial charge in [-0.2, -0.15) is 0 Å². The third-order valence-electron chi connectivity index (χ3n) is 3.32. The molecule has 3 rings (SSSR count). The van der Waals surface area contributed by atoms with Crippen LogP contribution in [0, 0.1) is 0 Å². The molecule has 0 fully saturated rings. The van der Waals surface area contributed by atoms with Crippen LogP contribution in [0.5, 0.6) is 5.75 Å². The highest BCUT2D eigenvalue weighted by Crippen LogP contribution is 2.36. The van der Waals surface area contributed by atoms with Crippen LogP contribution in [0.15, 0.2) is 12.1 Å². The van der Waals surface area contributed by atoms with E-state index in [2.05, 4.69) is 31.5 Å². The third kappa shape index (κ3) is 1.79. The van der Waals surface area contributed by atoms with Crippen molar-refractivity contribution < 1.29 is 4.74 Å². The molecule has 0 bridgehead atoms. The van der Waals surface area contributed by atoms with E-state index in [9.17, 15) is 0 Å². The van der Waals surface area contributed by atoms with E-state index in [1.165, 1.54) is 16.8 Å². The van der Waals surface area contributed by atoms with E-state index in [0.29, 0.717) is 0 Å². The standard InChI is InChI=1S/C12H17N2OP/c16-14-5-6-15-12-8-10-2-4-13-3-1-9(10)7-11(12)14/h7-8,13H,1-6,16H2. The number of fused-ring (bicyclic) bond motifs is 2. The third-order valence-corrected chi connectivity index (χ3v) is 3.86. The average molecular weight is 236 g/mol. The molecule has 0 amide bonds. The molecule has 1 unspecified atom stereocenters. The van der Waals surface area contributed by atoms with E-state index in [1.54, 1.807) is 0 Å². The van der Waals surface area contributed by atoms with Gasteiger partial charge in [-0.15, -0.1) is 0 Å². The van der Waals surface area contributed by atoms with Crippen LogP contribution in [0.3, 0.4) is 0 Å². The second kappa shape index (κ2) is 4.23. The van der Waals surface area contributed by atoms with Gasteiger partial charge in [0.1, 0.15) is 12.4 Å². The second-order valence-corrected chi connectivity index (χ2v) is 5.00. The van der Waals surface area contributed by atoms with Crippen molar-refractivity contribution in [3.63, 3.8) is 0 Å². The molecule has 0 radical (unpaired) electrons. The quantitative estimate of drug-likeness (QED) is 0.688. The maximum Gasteiger partial charge on any atom is 0.143 e. The Kier molecular flexibility index (Phi) is 2.74. The number of hydrogen-bond donors (Lipinski definition) is 1. The molecule has 86 valence electrons. The molecule has 2 heterocycles. The van der Waals surface area contributed by atoms with Crippen molar-refractivity contribution in [3.8, 4) is 5.75 Å². The van der Waals surface area contributed by atoms with E-state index in [0.717, 1.165) is 44.8 Å². The topological polar surface area (TPSA) is 24.5 Å². The van der Waals surface area contributed by atoms with Crippen LogP contribution in [0.2, 0.25) is 0 Å². The highest BCUT2D eigenvalue weighted by Gasteiger charge is 2.18. The van der Waals surface area contributed by atoms with Gasteiger partial charge in [0.25, 0.3) is 0 Å². The first-order valence-corrected chi connectivity index (χ1v) is 6.38. The summed E-state index contributed by atoms with van der Waals surface area (Å²) < 4.78 is 7.93. The van der Waals surface area contributed by atoms with Crippen molar-refractivity contribution in [2.24, 2.45) is 0 Å². The van der Waals surface area contributed by atoms with Crippen molar-refractivity contribution in [2.75, 3.05) is 30.9 Å². The average Bonchev–Trinajstić information content (AvgIpc) is 2.52. The SMILES string of the molecule is PN1CCOc2cc3c(cc21)CCNCC3. The zero-order valence-corrected chi connectivity index (χ0v) is 10.5. The minimum absolute atomic E-state index is 0.785. The van der Waals surface area contributed by atoms with Gasteiger partial charge in [0.2, 0.25) is 0 Å². The summed E-state index contributed by atoms with van der Waals surface area (Å²) in [6.07, 6.45) is 2.24. The molecule has 0 saturated carbocycles. The summed E-state index contributed by atoms with van der Waals surface area (Å²) in [6.45, 7) is 3.90. The summed E-state index contributed by atoms with van der Waals surface area (Å²) in [5.74, 6) is 1.04. The Bertz CT molecular complexity index is 408. The van der Waals surface area contributed by atoms with E-state index in [4.69, 9.17) is 4.74 Å². The van der Waals surface area contributed by atoms with Crippen LogP contribution < -0.4 is 14.7 Å². The fourth-order valence-electron chi connectivity index (χ4n) is 2.40. The van der Waals surface area contributed by atoms with Gasteiger partial charge in [-0.05, 0) is 58.6 Å². The molecule has 16 heavy (non-hydrogen) atoms. The van der Waals surface area contributed by atoms with E-state index in [-0.39, 0.29) is 0 Å². The lowest BCUT2D eigenvalue weighted by Crippen LogP contribution is -2.24. The first-order chi connectivity index (χ1) is 7.84. The zero-order valence-electron chi connectivity index (χ0n) is 9.33. The lowest BCUT2D eigenvalue weighted by atomic mass is 10.0. The Balaban J connectivity index is 2.05. The minimum Gasteiger partial charge on any atom is -0.490 e. The largest absolute Gasteiger partial charge is 0.490 e. The molecule has 4 heteroatoms. The van der Waals surface area contributed by atoms with Crippen LogP contribution in [0.25, 0.3) is 0 Å². The van der Waals surface area contributed by atoms with Gasteiger partial charge in [-0.3, -0.25) is 0 Å². The van der Waals surface area contributed by atoms with Crippen LogP contribution in [0.4, 0.5) is 5.69 Å². The summed E-state index contributed by atoms with van der Waals surface area (Å²) >= 11 is 0. The van der Waals surface area contributed by atoms with Gasteiger partial charge in [0.15, 0.2) is 0 Å². The first kappa shape index (κ1) is 10.4. The van der Waals surface area contributed by atoms with Crippen molar-refractivity contribution in [1.82, 2.24) is 5.32 Å². The fraction of sp³-hybridized carbons (Fsp3) is 0.500. The summed E-state index contributed by atoms with van der Waals surface area (Å²) in [4.78, 5) is 0. The molecule has 2 aliphatic rings. The Morgan fingerprint density at radius 3 is 2.75 bits per heavy atom. The van der Waals surface area contributed by atoms with Crippen LogP contribution in [0.1, 0.15) is 11.1 Å². The normalized spacial score (nSPS) is 19.4. The monoisotopic (exact) mass is 236 g/mol. The molecule has 1 aromatic rings. The number of nitrogens with zero attached hydrogens (tertiary/aromatic N) is 1. The van der Waals surface area contributed by atoms with Gasteiger partial charge < -0.3 is 14.7 Å². The van der Waals surface area contributed by atoms with Crippen LogP contribution >= 0.6 is 9.39 Å². The smallest absolute Gasteiger partial charge is 0.143 e. The number of benzene rings is 1. The van der Waals surface area contributed by atoms with Crippen LogP contribution in [-0.4, -0.2) is 26.2 Å². The van der Waals surface area contributed by atoms with Gasteiger partial charge >= 0.3 is 0 Å². The van der Waals surface area contributed by atoms with Crippen LogP contribution in [-0.2, 0) is 12.8 Å². The Labute approximate surface area is 98.4 Å². The van der Waals surface area contributed by atoms with Gasteiger partial charge in [0, 0.05) is 0 Å². The highest BCUT2D eigenvalue weighted by atomic mass is 31.0. The molecule has 0 aliphatic carbocycles. The van der Waals surface area contributed by atoms with E-state index >= 15 is 0 Å². The van der Waals surface area contributed by atoms with Crippen molar-refractivity contribution in [1.29, 1.82) is 0 Å². The Morgan fingerprint density at radius 1 is 1.19 bits per heavy atom. The van der Waals surface area contributed by atoms with Gasteiger partial charge in [-0.25, -0.2) is 0 Å². The van der Waals surface area contributed by atoms with Crippen molar-refractivity contribution in [2.45, 2.75) is 12.8 Å². The molecule has 0 aromatic heterocycles. The van der Waals surface area contributed by atoms with Gasteiger partial charge in [0.05, 0.1) is 12.2 Å². The number of hydrogen-bond acceptors (Lipinski definition) is 3. The molecular weight excluding hydrogens is 219 g/mol. The Hall–Kier alpha value is -0.790. The maximum atomic E-state index is 5.73. The molecule has 1 atom stereocenters. The van der Waals surface area contributed by atoms with Crippen molar-refractivity contribution >= 4 is 15.1 Å². The fourth-order valence-corrected chi connectivity index (χ4v) is 2.71. The van der Waals surface area contributed by atoms with E-state index in [1.807, 2.05) is 0 Å². The van der Waals surface area contributed by atoms with Crippen molar-refractivity contribution in [3.05, 3.63) is 23.3 Å². The highest BCUT2D eigenvalue weighted by molar-refractivity contribution is 7.19. The lowest BCUT2D eigenvalue weighted by molar-refractivity contribution is 0.317. The zero-order chi connectivity index (χ0) is 11.0. The molecule has 2 aliphatic heterocycles. The summed E-state index contributed by atoms with van der Waals surface area (Å²) in [5, 5.41) is 3.44. The first-order valence-electron chi connectivity index (χ1n) is 5.86. The summed E-state index contributed by atoms with van der Waals surface area (Å²) in [6, 6.07) is 4.53. The van der Waals surface area contributed by atoms with Gasteiger partial charge in [-0.1, -0.05) is 0 Å². The second-order valence-electron chi connectivity index (χ2n) is 4.38. The predicted molar refractivity (Wildman–Crippen MR) is 69.3 cm³/mol. The van der Waals surface area contributed by atoms with E-state index < -0.39 is 0 Å². The summed E-state index contributed by atoms with van der Waals surface area (Å²) in [7, 11) is 2.78. The number of nitrogens with one attached hydrogen (secondary N) is 1. The number of ether oxygens (including phenoxy) is 1. The lowest BCUT2D eigenvalue weighted by Gasteiger charge is -2.28. The molecule has 1 N–H and O–H groups in total. The molecule has 1 aromatic carbocycles.